The first-order chi connectivity index (χ1) is 10.2. The number of ether oxygens (including phenoxy) is 1. The molecule has 1 aromatic heterocycles. The zero-order valence-electron chi connectivity index (χ0n) is 13.1. The second-order valence-corrected chi connectivity index (χ2v) is 6.11. The van der Waals surface area contributed by atoms with Crippen molar-refractivity contribution in [3.8, 4) is 5.88 Å². The normalized spacial score (nSPS) is 10.7. The van der Waals surface area contributed by atoms with Crippen molar-refractivity contribution in [2.24, 2.45) is 0 Å². The summed E-state index contributed by atoms with van der Waals surface area (Å²) in [4.78, 5) is 7.61. The standard InChI is InChI=1S/C16H23N3OS/c1-5-12-8-6-7-9-13(12)10-17-11-14-15(20-4)18-16(21-14)19(2)3/h6-9,17H,5,10-11H2,1-4H3. The Balaban J connectivity index is 2.00. The summed E-state index contributed by atoms with van der Waals surface area (Å²) in [6, 6.07) is 8.56. The molecule has 0 unspecified atom stereocenters. The molecule has 4 nitrogen and oxygen atoms in total. The molecule has 1 N–H and O–H groups in total. The third-order valence-electron chi connectivity index (χ3n) is 3.33. The smallest absolute Gasteiger partial charge is 0.230 e. The lowest BCUT2D eigenvalue weighted by atomic mass is 10.1. The monoisotopic (exact) mass is 305 g/mol. The van der Waals surface area contributed by atoms with Gasteiger partial charge in [0, 0.05) is 27.2 Å². The van der Waals surface area contributed by atoms with Gasteiger partial charge >= 0.3 is 0 Å². The third kappa shape index (κ3) is 3.95. The van der Waals surface area contributed by atoms with Crippen molar-refractivity contribution < 1.29 is 4.74 Å². The highest BCUT2D eigenvalue weighted by atomic mass is 32.1. The first-order valence-electron chi connectivity index (χ1n) is 7.14. The summed E-state index contributed by atoms with van der Waals surface area (Å²) in [6.07, 6.45) is 1.06. The Labute approximate surface area is 130 Å². The van der Waals surface area contributed by atoms with E-state index in [9.17, 15) is 0 Å². The van der Waals surface area contributed by atoms with Crippen LogP contribution >= 0.6 is 11.3 Å². The highest BCUT2D eigenvalue weighted by Gasteiger charge is 2.12. The first-order valence-corrected chi connectivity index (χ1v) is 7.95. The molecular weight excluding hydrogens is 282 g/mol. The lowest BCUT2D eigenvalue weighted by Gasteiger charge is -2.08. The van der Waals surface area contributed by atoms with Gasteiger partial charge in [0.25, 0.3) is 0 Å². The van der Waals surface area contributed by atoms with E-state index in [1.165, 1.54) is 11.1 Å². The number of methoxy groups -OCH3 is 1. The molecule has 2 rings (SSSR count). The molecule has 0 fully saturated rings. The van der Waals surface area contributed by atoms with Crippen molar-refractivity contribution in [1.82, 2.24) is 10.3 Å². The van der Waals surface area contributed by atoms with Gasteiger partial charge in [0.2, 0.25) is 5.88 Å². The van der Waals surface area contributed by atoms with E-state index in [1.807, 2.05) is 19.0 Å². The first kappa shape index (κ1) is 15.8. The highest BCUT2D eigenvalue weighted by Crippen LogP contribution is 2.30. The molecule has 21 heavy (non-hydrogen) atoms. The van der Waals surface area contributed by atoms with Crippen molar-refractivity contribution in [3.63, 3.8) is 0 Å². The van der Waals surface area contributed by atoms with Gasteiger partial charge in [0.1, 0.15) is 0 Å². The number of aryl methyl sites for hydroxylation is 1. The van der Waals surface area contributed by atoms with Crippen LogP contribution in [0.2, 0.25) is 0 Å². The summed E-state index contributed by atoms with van der Waals surface area (Å²) in [7, 11) is 5.66. The summed E-state index contributed by atoms with van der Waals surface area (Å²) >= 11 is 1.66. The summed E-state index contributed by atoms with van der Waals surface area (Å²) in [5.41, 5.74) is 2.76. The maximum atomic E-state index is 5.36. The minimum absolute atomic E-state index is 0.722. The Kier molecular flexibility index (Phi) is 5.59. The minimum Gasteiger partial charge on any atom is -0.480 e. The second-order valence-electron chi connectivity index (χ2n) is 5.05. The van der Waals surface area contributed by atoms with Gasteiger partial charge in [0.05, 0.1) is 12.0 Å². The molecule has 0 saturated heterocycles. The molecule has 2 aromatic rings. The topological polar surface area (TPSA) is 37.4 Å². The van der Waals surface area contributed by atoms with Crippen molar-refractivity contribution in [1.29, 1.82) is 0 Å². The average Bonchev–Trinajstić information content (AvgIpc) is 2.91. The molecule has 5 heteroatoms. The van der Waals surface area contributed by atoms with Gasteiger partial charge in [-0.2, -0.15) is 4.98 Å². The van der Waals surface area contributed by atoms with Crippen LogP contribution in [0.4, 0.5) is 5.13 Å². The van der Waals surface area contributed by atoms with Crippen LogP contribution in [0.15, 0.2) is 24.3 Å². The summed E-state index contributed by atoms with van der Waals surface area (Å²) in [5, 5.41) is 4.46. The second kappa shape index (κ2) is 7.43. The summed E-state index contributed by atoms with van der Waals surface area (Å²) in [6.45, 7) is 3.82. The number of anilines is 1. The van der Waals surface area contributed by atoms with E-state index in [1.54, 1.807) is 18.4 Å². The van der Waals surface area contributed by atoms with Crippen LogP contribution in [0.25, 0.3) is 0 Å². The fourth-order valence-electron chi connectivity index (χ4n) is 2.17. The molecule has 114 valence electrons. The number of aromatic nitrogens is 1. The van der Waals surface area contributed by atoms with E-state index in [-0.39, 0.29) is 0 Å². The largest absolute Gasteiger partial charge is 0.480 e. The minimum atomic E-state index is 0.722. The van der Waals surface area contributed by atoms with Gasteiger partial charge in [0.15, 0.2) is 5.13 Å². The average molecular weight is 305 g/mol. The van der Waals surface area contributed by atoms with E-state index in [2.05, 4.69) is 41.5 Å². The molecule has 0 radical (unpaired) electrons. The molecule has 0 aliphatic rings. The number of benzene rings is 1. The zero-order chi connectivity index (χ0) is 15.2. The van der Waals surface area contributed by atoms with Crippen LogP contribution in [0.5, 0.6) is 5.88 Å². The van der Waals surface area contributed by atoms with Crippen LogP contribution in [0, 0.1) is 0 Å². The van der Waals surface area contributed by atoms with Crippen LogP contribution in [0.1, 0.15) is 22.9 Å². The maximum absolute atomic E-state index is 5.36. The molecule has 0 atom stereocenters. The molecule has 0 amide bonds. The van der Waals surface area contributed by atoms with E-state index in [0.717, 1.165) is 35.4 Å². The SMILES string of the molecule is CCc1ccccc1CNCc1sc(N(C)C)nc1OC. The molecule has 0 aliphatic carbocycles. The zero-order valence-corrected chi connectivity index (χ0v) is 14.0. The predicted octanol–water partition coefficient (Wildman–Crippen LogP) is 3.07. The van der Waals surface area contributed by atoms with Crippen LogP contribution in [-0.4, -0.2) is 26.2 Å². The van der Waals surface area contributed by atoms with Gasteiger partial charge in [-0.1, -0.05) is 42.5 Å². The molecule has 0 saturated carbocycles. The van der Waals surface area contributed by atoms with Crippen LogP contribution in [-0.2, 0) is 19.5 Å². The fourth-order valence-corrected chi connectivity index (χ4v) is 3.10. The lowest BCUT2D eigenvalue weighted by molar-refractivity contribution is 0.394. The van der Waals surface area contributed by atoms with Gasteiger partial charge in [-0.05, 0) is 17.5 Å². The van der Waals surface area contributed by atoms with Crippen molar-refractivity contribution in [2.45, 2.75) is 26.4 Å². The van der Waals surface area contributed by atoms with Crippen LogP contribution < -0.4 is 15.0 Å². The third-order valence-corrected chi connectivity index (χ3v) is 4.53. The number of hydrogen-bond donors (Lipinski definition) is 1. The van der Waals surface area contributed by atoms with Crippen molar-refractivity contribution in [3.05, 3.63) is 40.3 Å². The van der Waals surface area contributed by atoms with Crippen molar-refractivity contribution >= 4 is 16.5 Å². The summed E-state index contributed by atoms with van der Waals surface area (Å²) in [5.74, 6) is 0.722. The Bertz CT molecular complexity index is 581. The molecule has 0 bridgehead atoms. The molecule has 1 heterocycles. The quantitative estimate of drug-likeness (QED) is 0.853. The van der Waals surface area contributed by atoms with Gasteiger partial charge in [-0.3, -0.25) is 0 Å². The van der Waals surface area contributed by atoms with Gasteiger partial charge < -0.3 is 15.0 Å². The van der Waals surface area contributed by atoms with E-state index < -0.39 is 0 Å². The Hall–Kier alpha value is -1.59. The predicted molar refractivity (Wildman–Crippen MR) is 89.4 cm³/mol. The Morgan fingerprint density at radius 1 is 1.19 bits per heavy atom. The number of rotatable bonds is 7. The fraction of sp³-hybridized carbons (Fsp3) is 0.438. The van der Waals surface area contributed by atoms with E-state index in [0.29, 0.717) is 0 Å². The number of thiazole rings is 1. The highest BCUT2D eigenvalue weighted by molar-refractivity contribution is 7.15. The summed E-state index contributed by atoms with van der Waals surface area (Å²) < 4.78 is 5.36. The number of nitrogens with zero attached hydrogens (tertiary/aromatic N) is 2. The van der Waals surface area contributed by atoms with Gasteiger partial charge in [-0.25, -0.2) is 0 Å². The molecule has 0 aliphatic heterocycles. The molecular formula is C16H23N3OS. The number of hydrogen-bond acceptors (Lipinski definition) is 5. The van der Waals surface area contributed by atoms with Crippen molar-refractivity contribution in [2.75, 3.05) is 26.1 Å². The Morgan fingerprint density at radius 3 is 2.52 bits per heavy atom. The Morgan fingerprint density at radius 2 is 1.90 bits per heavy atom. The van der Waals surface area contributed by atoms with E-state index >= 15 is 0 Å². The maximum Gasteiger partial charge on any atom is 0.230 e. The van der Waals surface area contributed by atoms with Gasteiger partial charge in [-0.15, -0.1) is 0 Å². The lowest BCUT2D eigenvalue weighted by Crippen LogP contribution is -2.13. The molecule has 0 spiro atoms. The molecule has 1 aromatic carbocycles. The van der Waals surface area contributed by atoms with E-state index in [4.69, 9.17) is 4.74 Å². The number of nitrogens with one attached hydrogen (secondary N) is 1. The van der Waals surface area contributed by atoms with Crippen LogP contribution in [0.3, 0.4) is 0 Å².